The molecule has 0 bridgehead atoms. The monoisotopic (exact) mass is 238 g/mol. The fraction of sp³-hybridized carbons (Fsp3) is 0. The van der Waals surface area contributed by atoms with Crippen LogP contribution in [0.5, 0.6) is 5.75 Å². The molecule has 84 valence electrons. The lowest BCUT2D eigenvalue weighted by atomic mass is 10.1. The summed E-state index contributed by atoms with van der Waals surface area (Å²) in [5.74, 6) is -0.153. The molecule has 0 saturated carbocycles. The molecular formula is C10H10N2O3S. The minimum atomic E-state index is -2.14. The Bertz CT molecular complexity index is 598. The number of hydrogen-bond acceptors (Lipinski definition) is 4. The molecule has 0 spiro atoms. The van der Waals surface area contributed by atoms with Gasteiger partial charge in [0.25, 0.3) is 0 Å². The first-order chi connectivity index (χ1) is 7.50. The summed E-state index contributed by atoms with van der Waals surface area (Å²) < 4.78 is 19.8. The molecule has 0 aromatic heterocycles. The van der Waals surface area contributed by atoms with Crippen molar-refractivity contribution in [2.24, 2.45) is 0 Å². The average molecular weight is 238 g/mol. The van der Waals surface area contributed by atoms with E-state index < -0.39 is 11.1 Å². The standard InChI is InChI=1S/C10H10N2O3S/c11-7-2-1-5-3-6(16(14)15)4-8(13)9(5)10(7)12/h1-4,13H,11-12H2,(H,14,15). The van der Waals surface area contributed by atoms with Crippen molar-refractivity contribution in [3.8, 4) is 5.75 Å². The van der Waals surface area contributed by atoms with Gasteiger partial charge in [0.15, 0.2) is 11.1 Å². The maximum atomic E-state index is 10.9. The van der Waals surface area contributed by atoms with E-state index in [0.29, 0.717) is 16.5 Å². The van der Waals surface area contributed by atoms with Gasteiger partial charge in [0.1, 0.15) is 5.75 Å². The largest absolute Gasteiger partial charge is 0.507 e. The van der Waals surface area contributed by atoms with E-state index in [-0.39, 0.29) is 16.3 Å². The number of benzene rings is 2. The highest BCUT2D eigenvalue weighted by Crippen LogP contribution is 2.35. The van der Waals surface area contributed by atoms with E-state index >= 15 is 0 Å². The van der Waals surface area contributed by atoms with Gasteiger partial charge in [0.05, 0.1) is 16.3 Å². The summed E-state index contributed by atoms with van der Waals surface area (Å²) in [5, 5.41) is 10.7. The molecule has 0 radical (unpaired) electrons. The first-order valence-corrected chi connectivity index (χ1v) is 5.53. The van der Waals surface area contributed by atoms with Crippen LogP contribution >= 0.6 is 0 Å². The van der Waals surface area contributed by atoms with Crippen molar-refractivity contribution in [1.29, 1.82) is 0 Å². The molecule has 0 saturated heterocycles. The third-order valence-corrected chi connectivity index (χ3v) is 2.98. The number of nitrogens with two attached hydrogens (primary N) is 2. The lowest BCUT2D eigenvalue weighted by Crippen LogP contribution is -1.96. The summed E-state index contributed by atoms with van der Waals surface area (Å²) >= 11 is -2.14. The zero-order valence-electron chi connectivity index (χ0n) is 8.18. The molecule has 6 heteroatoms. The molecule has 5 nitrogen and oxygen atoms in total. The van der Waals surface area contributed by atoms with Crippen LogP contribution in [0, 0.1) is 0 Å². The van der Waals surface area contributed by atoms with Crippen LogP contribution in [0.3, 0.4) is 0 Å². The van der Waals surface area contributed by atoms with Crippen LogP contribution in [0.15, 0.2) is 29.2 Å². The number of phenols is 1. The number of fused-ring (bicyclic) bond motifs is 1. The summed E-state index contributed by atoms with van der Waals surface area (Å²) in [7, 11) is 0. The predicted octanol–water partition coefficient (Wildman–Crippen LogP) is 1.29. The van der Waals surface area contributed by atoms with E-state index in [9.17, 15) is 9.32 Å². The summed E-state index contributed by atoms with van der Waals surface area (Å²) in [5.41, 5.74) is 12.0. The van der Waals surface area contributed by atoms with Crippen molar-refractivity contribution in [2.45, 2.75) is 4.90 Å². The minimum absolute atomic E-state index is 0.120. The van der Waals surface area contributed by atoms with Gasteiger partial charge in [-0.2, -0.15) is 0 Å². The lowest BCUT2D eigenvalue weighted by Gasteiger charge is -2.08. The SMILES string of the molecule is Nc1ccc2cc(S(=O)O)cc(O)c2c1N. The molecule has 0 aliphatic carbocycles. The van der Waals surface area contributed by atoms with E-state index in [0.717, 1.165) is 0 Å². The Morgan fingerprint density at radius 1 is 1.19 bits per heavy atom. The quantitative estimate of drug-likeness (QED) is 0.442. The number of aromatic hydroxyl groups is 1. The van der Waals surface area contributed by atoms with Gasteiger partial charge in [-0.3, -0.25) is 0 Å². The van der Waals surface area contributed by atoms with Gasteiger partial charge in [0.2, 0.25) is 0 Å². The van der Waals surface area contributed by atoms with Gasteiger partial charge in [-0.05, 0) is 23.6 Å². The van der Waals surface area contributed by atoms with E-state index in [4.69, 9.17) is 16.0 Å². The van der Waals surface area contributed by atoms with Crippen LogP contribution in [-0.2, 0) is 11.1 Å². The van der Waals surface area contributed by atoms with E-state index in [2.05, 4.69) is 0 Å². The highest BCUT2D eigenvalue weighted by molar-refractivity contribution is 7.79. The molecule has 6 N–H and O–H groups in total. The van der Waals surface area contributed by atoms with Crippen LogP contribution in [-0.4, -0.2) is 13.9 Å². The van der Waals surface area contributed by atoms with Crippen molar-refractivity contribution in [1.82, 2.24) is 0 Å². The Labute approximate surface area is 94.0 Å². The molecule has 1 unspecified atom stereocenters. The van der Waals surface area contributed by atoms with Gasteiger partial charge >= 0.3 is 0 Å². The summed E-state index contributed by atoms with van der Waals surface area (Å²) in [6.45, 7) is 0. The third kappa shape index (κ3) is 1.58. The first kappa shape index (κ1) is 10.7. The maximum absolute atomic E-state index is 10.9. The van der Waals surface area contributed by atoms with E-state index in [1.807, 2.05) is 0 Å². The number of rotatable bonds is 1. The Hall–Kier alpha value is -1.79. The summed E-state index contributed by atoms with van der Waals surface area (Å²) in [6, 6.07) is 5.91. The molecule has 1 atom stereocenters. The lowest BCUT2D eigenvalue weighted by molar-refractivity contribution is 0.479. The van der Waals surface area contributed by atoms with Crippen molar-refractivity contribution in [3.05, 3.63) is 24.3 Å². The van der Waals surface area contributed by atoms with Gasteiger partial charge in [0, 0.05) is 5.39 Å². The Morgan fingerprint density at radius 3 is 2.50 bits per heavy atom. The molecule has 2 rings (SSSR count). The second-order valence-electron chi connectivity index (χ2n) is 3.36. The van der Waals surface area contributed by atoms with Crippen LogP contribution < -0.4 is 11.5 Å². The van der Waals surface area contributed by atoms with Gasteiger partial charge in [-0.1, -0.05) is 6.07 Å². The molecule has 16 heavy (non-hydrogen) atoms. The van der Waals surface area contributed by atoms with Gasteiger partial charge < -0.3 is 21.1 Å². The number of anilines is 2. The molecule has 0 aliphatic rings. The molecule has 0 aliphatic heterocycles. The smallest absolute Gasteiger partial charge is 0.186 e. The van der Waals surface area contributed by atoms with Crippen molar-refractivity contribution < 1.29 is 13.9 Å². The fourth-order valence-electron chi connectivity index (χ4n) is 1.56. The molecule has 2 aromatic rings. The van der Waals surface area contributed by atoms with Crippen molar-refractivity contribution >= 4 is 33.2 Å². The second-order valence-corrected chi connectivity index (χ2v) is 4.33. The second kappa shape index (κ2) is 3.66. The van der Waals surface area contributed by atoms with Crippen LogP contribution in [0.4, 0.5) is 11.4 Å². The number of hydrogen-bond donors (Lipinski definition) is 4. The van der Waals surface area contributed by atoms with Crippen LogP contribution in [0.1, 0.15) is 0 Å². The van der Waals surface area contributed by atoms with Gasteiger partial charge in [-0.15, -0.1) is 0 Å². The van der Waals surface area contributed by atoms with Crippen LogP contribution in [0.2, 0.25) is 0 Å². The Balaban J connectivity index is 2.86. The predicted molar refractivity (Wildman–Crippen MR) is 63.5 cm³/mol. The first-order valence-electron chi connectivity index (χ1n) is 4.42. The van der Waals surface area contributed by atoms with Crippen molar-refractivity contribution in [2.75, 3.05) is 11.5 Å². The fourth-order valence-corrected chi connectivity index (χ4v) is 2.00. The molecule has 0 heterocycles. The molecule has 2 aromatic carbocycles. The molecule has 0 fully saturated rings. The average Bonchev–Trinajstić information content (AvgIpc) is 2.22. The molecule has 0 amide bonds. The normalized spacial score (nSPS) is 12.8. The molecular weight excluding hydrogens is 228 g/mol. The highest BCUT2D eigenvalue weighted by atomic mass is 32.2. The third-order valence-electron chi connectivity index (χ3n) is 2.35. The minimum Gasteiger partial charge on any atom is -0.507 e. The topological polar surface area (TPSA) is 110 Å². The Morgan fingerprint density at radius 2 is 1.88 bits per heavy atom. The van der Waals surface area contributed by atoms with E-state index in [1.165, 1.54) is 12.1 Å². The number of phenolic OH excluding ortho intramolecular Hbond substituents is 1. The highest BCUT2D eigenvalue weighted by Gasteiger charge is 2.10. The Kier molecular flexibility index (Phi) is 2.45. The van der Waals surface area contributed by atoms with Gasteiger partial charge in [-0.25, -0.2) is 4.21 Å². The zero-order chi connectivity index (χ0) is 11.9. The number of nitrogen functional groups attached to an aromatic ring is 2. The summed E-state index contributed by atoms with van der Waals surface area (Å²) in [6.07, 6.45) is 0. The maximum Gasteiger partial charge on any atom is 0.186 e. The van der Waals surface area contributed by atoms with Crippen LogP contribution in [0.25, 0.3) is 10.8 Å². The summed E-state index contributed by atoms with van der Waals surface area (Å²) in [4.78, 5) is 0.120. The van der Waals surface area contributed by atoms with E-state index in [1.54, 1.807) is 12.1 Å². The van der Waals surface area contributed by atoms with Crippen molar-refractivity contribution in [3.63, 3.8) is 0 Å². The zero-order valence-corrected chi connectivity index (χ0v) is 8.99.